The fraction of sp³-hybridized carbons (Fsp3) is 0. The summed E-state index contributed by atoms with van der Waals surface area (Å²) in [5.74, 6) is -0.249. The highest BCUT2D eigenvalue weighted by molar-refractivity contribution is 5.90. The number of nitrogens with zero attached hydrogens (tertiary/aromatic N) is 1. The van der Waals surface area contributed by atoms with Gasteiger partial charge < -0.3 is 5.21 Å². The number of benzene rings is 2. The van der Waals surface area contributed by atoms with Crippen molar-refractivity contribution in [2.24, 2.45) is 5.16 Å². The van der Waals surface area contributed by atoms with Crippen LogP contribution in [0.2, 0.25) is 0 Å². The predicted octanol–water partition coefficient (Wildman–Crippen LogP) is 2.79. The molecule has 0 saturated heterocycles. The van der Waals surface area contributed by atoms with Gasteiger partial charge in [-0.3, -0.25) is 0 Å². The van der Waals surface area contributed by atoms with Gasteiger partial charge in [0.15, 0.2) is 0 Å². The van der Waals surface area contributed by atoms with Gasteiger partial charge in [0, 0.05) is 0 Å². The lowest BCUT2D eigenvalue weighted by atomic mass is 10.1. The SMILES string of the molecule is O/N=C/c1ccc2cc(F)ccc2c1. The van der Waals surface area contributed by atoms with Gasteiger partial charge in [0.2, 0.25) is 0 Å². The van der Waals surface area contributed by atoms with Gasteiger partial charge in [0.05, 0.1) is 6.21 Å². The molecule has 2 aromatic carbocycles. The first-order valence-electron chi connectivity index (χ1n) is 4.16. The molecule has 0 aromatic heterocycles. The minimum atomic E-state index is -0.249. The molecule has 0 aliphatic heterocycles. The average molecular weight is 189 g/mol. The van der Waals surface area contributed by atoms with Crippen LogP contribution in [0.4, 0.5) is 4.39 Å². The molecule has 0 radical (unpaired) electrons. The number of hydrogen-bond donors (Lipinski definition) is 1. The van der Waals surface area contributed by atoms with E-state index in [-0.39, 0.29) is 5.82 Å². The zero-order chi connectivity index (χ0) is 9.97. The molecule has 0 saturated carbocycles. The molecule has 70 valence electrons. The van der Waals surface area contributed by atoms with Gasteiger partial charge in [0.1, 0.15) is 5.82 Å². The van der Waals surface area contributed by atoms with E-state index in [2.05, 4.69) is 5.16 Å². The van der Waals surface area contributed by atoms with Crippen LogP contribution in [0.3, 0.4) is 0 Å². The van der Waals surface area contributed by atoms with Crippen LogP contribution >= 0.6 is 0 Å². The maximum atomic E-state index is 12.8. The molecule has 0 heterocycles. The van der Waals surface area contributed by atoms with Crippen LogP contribution < -0.4 is 0 Å². The largest absolute Gasteiger partial charge is 0.411 e. The van der Waals surface area contributed by atoms with E-state index in [1.54, 1.807) is 18.2 Å². The fourth-order valence-electron chi connectivity index (χ4n) is 1.38. The fourth-order valence-corrected chi connectivity index (χ4v) is 1.38. The zero-order valence-electron chi connectivity index (χ0n) is 7.31. The van der Waals surface area contributed by atoms with Gasteiger partial charge in [-0.15, -0.1) is 0 Å². The van der Waals surface area contributed by atoms with Gasteiger partial charge >= 0.3 is 0 Å². The smallest absolute Gasteiger partial charge is 0.123 e. The molecule has 2 nitrogen and oxygen atoms in total. The Morgan fingerprint density at radius 1 is 1.07 bits per heavy atom. The highest BCUT2D eigenvalue weighted by atomic mass is 19.1. The summed E-state index contributed by atoms with van der Waals surface area (Å²) in [4.78, 5) is 0. The molecule has 14 heavy (non-hydrogen) atoms. The van der Waals surface area contributed by atoms with Crippen LogP contribution in [0.15, 0.2) is 41.6 Å². The maximum Gasteiger partial charge on any atom is 0.123 e. The summed E-state index contributed by atoms with van der Waals surface area (Å²) in [5.41, 5.74) is 0.784. The minimum Gasteiger partial charge on any atom is -0.411 e. The van der Waals surface area contributed by atoms with Crippen molar-refractivity contribution in [3.8, 4) is 0 Å². The van der Waals surface area contributed by atoms with Crippen molar-refractivity contribution in [2.45, 2.75) is 0 Å². The Morgan fingerprint density at radius 3 is 2.57 bits per heavy atom. The lowest BCUT2D eigenvalue weighted by Gasteiger charge is -1.98. The van der Waals surface area contributed by atoms with Gasteiger partial charge in [-0.2, -0.15) is 0 Å². The quantitative estimate of drug-likeness (QED) is 0.417. The Balaban J connectivity index is 2.61. The predicted molar refractivity (Wildman–Crippen MR) is 53.3 cm³/mol. The lowest BCUT2D eigenvalue weighted by molar-refractivity contribution is 0.322. The molecule has 0 aliphatic carbocycles. The van der Waals surface area contributed by atoms with Gasteiger partial charge in [-0.1, -0.05) is 23.4 Å². The molecular weight excluding hydrogens is 181 g/mol. The molecule has 0 spiro atoms. The summed E-state index contributed by atoms with van der Waals surface area (Å²) in [6, 6.07) is 9.95. The van der Waals surface area contributed by atoms with Crippen molar-refractivity contribution < 1.29 is 9.60 Å². The zero-order valence-corrected chi connectivity index (χ0v) is 7.31. The van der Waals surface area contributed by atoms with E-state index >= 15 is 0 Å². The molecule has 0 amide bonds. The van der Waals surface area contributed by atoms with Gasteiger partial charge in [0.25, 0.3) is 0 Å². The third-order valence-corrected chi connectivity index (χ3v) is 2.03. The second-order valence-electron chi connectivity index (χ2n) is 3.00. The molecule has 1 N–H and O–H groups in total. The molecule has 0 unspecified atom stereocenters. The van der Waals surface area contributed by atoms with Crippen LogP contribution in [0.25, 0.3) is 10.8 Å². The number of oxime groups is 1. The molecule has 3 heteroatoms. The molecular formula is C11H8FNO. The lowest BCUT2D eigenvalue weighted by Crippen LogP contribution is -1.82. The Morgan fingerprint density at radius 2 is 1.79 bits per heavy atom. The summed E-state index contributed by atoms with van der Waals surface area (Å²) < 4.78 is 12.8. The van der Waals surface area contributed by atoms with Crippen LogP contribution in [-0.4, -0.2) is 11.4 Å². The van der Waals surface area contributed by atoms with Crippen molar-refractivity contribution in [1.82, 2.24) is 0 Å². The van der Waals surface area contributed by atoms with Crippen molar-refractivity contribution in [2.75, 3.05) is 0 Å². The van der Waals surface area contributed by atoms with E-state index < -0.39 is 0 Å². The highest BCUT2D eigenvalue weighted by Crippen LogP contribution is 2.16. The van der Waals surface area contributed by atoms with Crippen LogP contribution in [0.1, 0.15) is 5.56 Å². The van der Waals surface area contributed by atoms with Gasteiger partial charge in [-0.25, -0.2) is 4.39 Å². The number of halogens is 1. The standard InChI is InChI=1S/C11H8FNO/c12-11-4-3-9-5-8(7-13-14)1-2-10(9)6-11/h1-7,14H/b13-7+. The summed E-state index contributed by atoms with van der Waals surface area (Å²) in [5, 5.41) is 13.0. The van der Waals surface area contributed by atoms with Crippen molar-refractivity contribution in [1.29, 1.82) is 0 Å². The summed E-state index contributed by atoms with van der Waals surface area (Å²) in [6.45, 7) is 0. The van der Waals surface area contributed by atoms with E-state index in [9.17, 15) is 4.39 Å². The summed E-state index contributed by atoms with van der Waals surface area (Å²) >= 11 is 0. The summed E-state index contributed by atoms with van der Waals surface area (Å²) in [7, 11) is 0. The second kappa shape index (κ2) is 3.46. The summed E-state index contributed by atoms with van der Waals surface area (Å²) in [6.07, 6.45) is 1.34. The van der Waals surface area contributed by atoms with Crippen molar-refractivity contribution in [3.63, 3.8) is 0 Å². The molecule has 0 fully saturated rings. The maximum absolute atomic E-state index is 12.8. The molecule has 0 aliphatic rings. The van der Waals surface area contributed by atoms with E-state index in [0.29, 0.717) is 0 Å². The van der Waals surface area contributed by atoms with Crippen LogP contribution in [-0.2, 0) is 0 Å². The molecule has 0 bridgehead atoms. The van der Waals surface area contributed by atoms with Gasteiger partial charge in [-0.05, 0) is 34.5 Å². The topological polar surface area (TPSA) is 32.6 Å². The monoisotopic (exact) mass is 189 g/mol. The van der Waals surface area contributed by atoms with Crippen molar-refractivity contribution >= 4 is 17.0 Å². The Bertz CT molecular complexity index is 494. The average Bonchev–Trinajstić information content (AvgIpc) is 2.19. The molecule has 2 rings (SSSR count). The Hall–Kier alpha value is -1.90. The first-order valence-corrected chi connectivity index (χ1v) is 4.16. The third-order valence-electron chi connectivity index (χ3n) is 2.03. The number of rotatable bonds is 1. The number of hydrogen-bond acceptors (Lipinski definition) is 2. The van der Waals surface area contributed by atoms with Crippen LogP contribution in [0.5, 0.6) is 0 Å². The van der Waals surface area contributed by atoms with Crippen molar-refractivity contribution in [3.05, 3.63) is 47.8 Å². The molecule has 2 aromatic rings. The first kappa shape index (κ1) is 8.69. The first-order chi connectivity index (χ1) is 6.79. The van der Waals surface area contributed by atoms with Crippen LogP contribution in [0, 0.1) is 5.82 Å². The normalized spacial score (nSPS) is 11.2. The highest BCUT2D eigenvalue weighted by Gasteiger charge is 1.96. The third kappa shape index (κ3) is 1.57. The van der Waals surface area contributed by atoms with E-state index in [1.165, 1.54) is 18.3 Å². The van der Waals surface area contributed by atoms with E-state index in [1.807, 2.05) is 6.07 Å². The number of fused-ring (bicyclic) bond motifs is 1. The minimum absolute atomic E-state index is 0.249. The molecule has 0 atom stereocenters. The van der Waals surface area contributed by atoms with E-state index in [0.717, 1.165) is 16.3 Å². The van der Waals surface area contributed by atoms with E-state index in [4.69, 9.17) is 5.21 Å². The Kier molecular flexibility index (Phi) is 2.14. The Labute approximate surface area is 80.3 Å². The second-order valence-corrected chi connectivity index (χ2v) is 3.00.